The van der Waals surface area contributed by atoms with E-state index in [0.29, 0.717) is 0 Å². The van der Waals surface area contributed by atoms with Gasteiger partial charge in [0, 0.05) is 0 Å². The fourth-order valence-corrected chi connectivity index (χ4v) is 1.18. The molecule has 0 aliphatic rings. The van der Waals surface area contributed by atoms with Gasteiger partial charge in [0.15, 0.2) is 0 Å². The summed E-state index contributed by atoms with van der Waals surface area (Å²) >= 11 is 32.3. The van der Waals surface area contributed by atoms with Gasteiger partial charge in [0.2, 0.25) is 0 Å². The molecule has 0 bridgehead atoms. The zero-order valence-electron chi connectivity index (χ0n) is 4.42. The average Bonchev–Trinajstić information content (AvgIpc) is 1.84. The Bertz CT molecular complexity index is 135. The van der Waals surface area contributed by atoms with Crippen molar-refractivity contribution >= 4 is 69.6 Å². The van der Waals surface area contributed by atoms with Crippen molar-refractivity contribution in [1.29, 1.82) is 0 Å². The van der Waals surface area contributed by atoms with E-state index in [1.165, 1.54) is 0 Å². The molecule has 1 atom stereocenters. The van der Waals surface area contributed by atoms with E-state index < -0.39 is 10.2 Å². The minimum atomic E-state index is -0.818. The smallest absolute Gasteiger partial charge is 0.114 e. The Labute approximate surface area is 89.0 Å². The number of hydrogen-bond acceptors (Lipinski definition) is 0. The molecule has 60 valence electrons. The molecular formula is C4H2Cl6. The summed E-state index contributed by atoms with van der Waals surface area (Å²) in [5, 5.41) is -0.699. The van der Waals surface area contributed by atoms with E-state index >= 15 is 0 Å². The van der Waals surface area contributed by atoms with Gasteiger partial charge >= 0.3 is 0 Å². The van der Waals surface area contributed by atoms with E-state index in [2.05, 4.69) is 0 Å². The Kier molecular flexibility index (Phi) is 5.95. The topological polar surface area (TPSA) is 0 Å². The van der Waals surface area contributed by atoms with Crippen LogP contribution in [0.15, 0.2) is 9.52 Å². The van der Waals surface area contributed by atoms with Crippen molar-refractivity contribution in [3.8, 4) is 0 Å². The van der Waals surface area contributed by atoms with E-state index in [-0.39, 0.29) is 9.52 Å². The molecule has 0 fully saturated rings. The maximum absolute atomic E-state index is 5.54. The van der Waals surface area contributed by atoms with Gasteiger partial charge in [-0.05, 0) is 0 Å². The van der Waals surface area contributed by atoms with Crippen LogP contribution in [-0.2, 0) is 0 Å². The van der Waals surface area contributed by atoms with E-state index in [1.54, 1.807) is 0 Å². The summed E-state index contributed by atoms with van der Waals surface area (Å²) in [5.41, 5.74) is 0. The van der Waals surface area contributed by atoms with E-state index in [9.17, 15) is 0 Å². The van der Waals surface area contributed by atoms with Gasteiger partial charge in [-0.2, -0.15) is 0 Å². The minimum Gasteiger partial charge on any atom is -0.114 e. The molecule has 6 heteroatoms. The molecule has 0 saturated heterocycles. The number of hydrogen-bond donors (Lipinski definition) is 0. The molecule has 0 spiro atoms. The maximum Gasteiger partial charge on any atom is 0.129 e. The molecule has 0 aromatic carbocycles. The van der Waals surface area contributed by atoms with E-state index in [4.69, 9.17) is 69.6 Å². The highest BCUT2D eigenvalue weighted by atomic mass is 35.5. The van der Waals surface area contributed by atoms with Crippen molar-refractivity contribution in [2.75, 3.05) is 0 Å². The summed E-state index contributed by atoms with van der Waals surface area (Å²) in [6.45, 7) is 0. The highest BCUT2D eigenvalue weighted by Gasteiger charge is 2.19. The third-order valence-electron chi connectivity index (χ3n) is 0.644. The van der Waals surface area contributed by atoms with Crippen LogP contribution in [-0.4, -0.2) is 10.2 Å². The van der Waals surface area contributed by atoms with Gasteiger partial charge in [-0.25, -0.2) is 0 Å². The third-order valence-corrected chi connectivity index (χ3v) is 3.01. The lowest BCUT2D eigenvalue weighted by atomic mass is 10.5. The first-order valence-corrected chi connectivity index (χ1v) is 4.54. The van der Waals surface area contributed by atoms with Crippen LogP contribution in [0.5, 0.6) is 0 Å². The lowest BCUT2D eigenvalue weighted by molar-refractivity contribution is 1.14. The van der Waals surface area contributed by atoms with E-state index in [1.807, 2.05) is 0 Å². The summed E-state index contributed by atoms with van der Waals surface area (Å²) in [4.78, 5) is -0.818. The van der Waals surface area contributed by atoms with Gasteiger partial charge in [-0.1, -0.05) is 34.8 Å². The summed E-state index contributed by atoms with van der Waals surface area (Å²) in [6, 6.07) is 0. The zero-order chi connectivity index (χ0) is 8.31. The van der Waals surface area contributed by atoms with Crippen molar-refractivity contribution in [2.24, 2.45) is 0 Å². The summed E-state index contributed by atoms with van der Waals surface area (Å²) in [7, 11) is 0. The molecule has 0 aliphatic carbocycles. The minimum absolute atomic E-state index is 0.0556. The van der Waals surface area contributed by atoms with Gasteiger partial charge in [0.25, 0.3) is 0 Å². The number of allylic oxidation sites excluding steroid dienone is 1. The first-order valence-electron chi connectivity index (χ1n) is 2.09. The zero-order valence-corrected chi connectivity index (χ0v) is 8.96. The molecule has 0 aromatic rings. The first-order chi connectivity index (χ1) is 4.46. The standard InChI is InChI=1S/C4H2Cl6/c5-1(3(7)8)2(6)4(9)10/h1,3H. The monoisotopic (exact) mass is 260 g/mol. The van der Waals surface area contributed by atoms with Crippen molar-refractivity contribution in [1.82, 2.24) is 0 Å². The van der Waals surface area contributed by atoms with Crippen LogP contribution in [0, 0.1) is 0 Å². The van der Waals surface area contributed by atoms with Crippen LogP contribution in [0.25, 0.3) is 0 Å². The number of rotatable bonds is 2. The molecule has 0 aromatic heterocycles. The van der Waals surface area contributed by atoms with Crippen LogP contribution < -0.4 is 0 Å². The number of halogens is 6. The van der Waals surface area contributed by atoms with Crippen LogP contribution in [0.3, 0.4) is 0 Å². The quantitative estimate of drug-likeness (QED) is 0.652. The molecule has 0 saturated carbocycles. The maximum atomic E-state index is 5.54. The van der Waals surface area contributed by atoms with Crippen molar-refractivity contribution in [3.63, 3.8) is 0 Å². The normalized spacial score (nSPS) is 13.5. The predicted molar refractivity (Wildman–Crippen MR) is 49.7 cm³/mol. The Balaban J connectivity index is 4.22. The van der Waals surface area contributed by atoms with E-state index in [0.717, 1.165) is 0 Å². The molecule has 0 radical (unpaired) electrons. The van der Waals surface area contributed by atoms with Crippen molar-refractivity contribution < 1.29 is 0 Å². The van der Waals surface area contributed by atoms with Crippen LogP contribution in [0.1, 0.15) is 0 Å². The molecule has 0 N–H and O–H groups in total. The Hall–Kier alpha value is 1.48. The van der Waals surface area contributed by atoms with Gasteiger partial charge in [-0.15, -0.1) is 34.8 Å². The largest absolute Gasteiger partial charge is 0.129 e. The Morgan fingerprint density at radius 1 is 0.900 bits per heavy atom. The van der Waals surface area contributed by atoms with Gasteiger partial charge in [0.05, 0.1) is 5.03 Å². The van der Waals surface area contributed by atoms with Crippen LogP contribution >= 0.6 is 69.6 Å². The van der Waals surface area contributed by atoms with Gasteiger partial charge < -0.3 is 0 Å². The predicted octanol–water partition coefficient (Wildman–Crippen LogP) is 4.28. The molecule has 0 heterocycles. The fraction of sp³-hybridized carbons (Fsp3) is 0.500. The highest BCUT2D eigenvalue weighted by Crippen LogP contribution is 2.29. The second-order valence-electron chi connectivity index (χ2n) is 1.34. The molecule has 0 amide bonds. The van der Waals surface area contributed by atoms with Crippen LogP contribution in [0.4, 0.5) is 0 Å². The van der Waals surface area contributed by atoms with Gasteiger partial charge in [0.1, 0.15) is 14.7 Å². The lowest BCUT2D eigenvalue weighted by Gasteiger charge is -2.07. The molecule has 0 nitrogen and oxygen atoms in total. The molecule has 0 rings (SSSR count). The van der Waals surface area contributed by atoms with Crippen molar-refractivity contribution in [3.05, 3.63) is 9.52 Å². The Morgan fingerprint density at radius 2 is 1.30 bits per heavy atom. The second-order valence-corrected chi connectivity index (χ2v) is 4.34. The summed E-state index contributed by atoms with van der Waals surface area (Å²) in [6.07, 6.45) is 0. The van der Waals surface area contributed by atoms with Gasteiger partial charge in [-0.3, -0.25) is 0 Å². The number of alkyl halides is 3. The Morgan fingerprint density at radius 3 is 1.40 bits per heavy atom. The van der Waals surface area contributed by atoms with Crippen LogP contribution in [0.2, 0.25) is 0 Å². The second kappa shape index (κ2) is 5.18. The molecule has 0 aliphatic heterocycles. The average molecular weight is 263 g/mol. The first kappa shape index (κ1) is 11.5. The van der Waals surface area contributed by atoms with Crippen molar-refractivity contribution in [2.45, 2.75) is 10.2 Å². The fourth-order valence-electron chi connectivity index (χ4n) is 0.215. The SMILES string of the molecule is ClC(Cl)=C(Cl)C(Cl)C(Cl)Cl. The highest BCUT2D eigenvalue weighted by molar-refractivity contribution is 6.61. The summed E-state index contributed by atoms with van der Waals surface area (Å²) < 4.78 is -0.118. The third kappa shape index (κ3) is 3.75. The lowest BCUT2D eigenvalue weighted by Crippen LogP contribution is -2.08. The molecule has 10 heavy (non-hydrogen) atoms. The molecule has 1 unspecified atom stereocenters. The summed E-state index contributed by atoms with van der Waals surface area (Å²) in [5.74, 6) is 0. The molecular weight excluding hydrogens is 261 g/mol.